The molecular weight excluding hydrogens is 304 g/mol. The van der Waals surface area contributed by atoms with Crippen molar-refractivity contribution in [3.05, 3.63) is 28.7 Å². The van der Waals surface area contributed by atoms with Gasteiger partial charge in [0.2, 0.25) is 0 Å². The van der Waals surface area contributed by atoms with Crippen LogP contribution in [0.5, 0.6) is 0 Å². The fraction of sp³-hybridized carbons (Fsp3) is 0.455. The third-order valence-electron chi connectivity index (χ3n) is 3.36. The SMILES string of the molecule is O=c1[nH]cnc2c1c(F)cn2[C@H]1CC[C@@H](CO[PH](=O)O)O1. The van der Waals surface area contributed by atoms with Gasteiger partial charge in [0.1, 0.15) is 11.6 Å². The van der Waals surface area contributed by atoms with Gasteiger partial charge in [-0.05, 0) is 12.8 Å². The van der Waals surface area contributed by atoms with E-state index < -0.39 is 25.9 Å². The Balaban J connectivity index is 1.84. The molecule has 8 nitrogen and oxygen atoms in total. The van der Waals surface area contributed by atoms with E-state index in [1.165, 1.54) is 17.1 Å². The Bertz CT molecular complexity index is 745. The zero-order valence-corrected chi connectivity index (χ0v) is 11.8. The van der Waals surface area contributed by atoms with Crippen LogP contribution in [0.15, 0.2) is 17.3 Å². The molecule has 3 atom stereocenters. The Hall–Kier alpha value is -1.54. The van der Waals surface area contributed by atoms with Crippen LogP contribution in [0.1, 0.15) is 19.1 Å². The van der Waals surface area contributed by atoms with E-state index in [0.717, 1.165) is 0 Å². The minimum atomic E-state index is -2.99. The van der Waals surface area contributed by atoms with Gasteiger partial charge in [-0.15, -0.1) is 0 Å². The largest absolute Gasteiger partial charge is 0.352 e. The van der Waals surface area contributed by atoms with Gasteiger partial charge in [0.15, 0.2) is 11.5 Å². The molecule has 114 valence electrons. The molecule has 0 bridgehead atoms. The summed E-state index contributed by atoms with van der Waals surface area (Å²) < 4.78 is 36.1. The molecule has 1 aliphatic rings. The summed E-state index contributed by atoms with van der Waals surface area (Å²) in [4.78, 5) is 26.5. The van der Waals surface area contributed by atoms with Gasteiger partial charge >= 0.3 is 8.25 Å². The molecular formula is C11H13FN3O5P. The summed E-state index contributed by atoms with van der Waals surface area (Å²) in [6, 6.07) is 0. The Morgan fingerprint density at radius 2 is 2.43 bits per heavy atom. The highest BCUT2D eigenvalue weighted by molar-refractivity contribution is 7.32. The van der Waals surface area contributed by atoms with Gasteiger partial charge in [0.25, 0.3) is 5.56 Å². The third kappa shape index (κ3) is 2.77. The van der Waals surface area contributed by atoms with Gasteiger partial charge in [0.05, 0.1) is 19.0 Å². The summed E-state index contributed by atoms with van der Waals surface area (Å²) >= 11 is 0. The van der Waals surface area contributed by atoms with Crippen molar-refractivity contribution in [3.63, 3.8) is 0 Å². The lowest BCUT2D eigenvalue weighted by molar-refractivity contribution is -0.0162. The van der Waals surface area contributed by atoms with E-state index in [9.17, 15) is 13.8 Å². The summed E-state index contributed by atoms with van der Waals surface area (Å²) in [5.74, 6) is -0.664. The van der Waals surface area contributed by atoms with Crippen molar-refractivity contribution in [2.45, 2.75) is 25.2 Å². The Kier molecular flexibility index (Phi) is 3.90. The molecule has 1 aliphatic heterocycles. The van der Waals surface area contributed by atoms with Gasteiger partial charge in [-0.25, -0.2) is 9.37 Å². The lowest BCUT2D eigenvalue weighted by Crippen LogP contribution is -2.15. The molecule has 0 saturated carbocycles. The van der Waals surface area contributed by atoms with Crippen LogP contribution >= 0.6 is 8.25 Å². The Morgan fingerprint density at radius 1 is 1.62 bits per heavy atom. The molecule has 1 unspecified atom stereocenters. The topological polar surface area (TPSA) is 106 Å². The highest BCUT2D eigenvalue weighted by Gasteiger charge is 2.29. The number of halogens is 1. The van der Waals surface area contributed by atoms with Crippen LogP contribution in [0.4, 0.5) is 4.39 Å². The molecule has 10 heteroatoms. The average molecular weight is 317 g/mol. The third-order valence-corrected chi connectivity index (χ3v) is 3.77. The van der Waals surface area contributed by atoms with Crippen LogP contribution in [0.25, 0.3) is 11.0 Å². The van der Waals surface area contributed by atoms with Crippen LogP contribution in [0.2, 0.25) is 0 Å². The minimum Gasteiger partial charge on any atom is -0.352 e. The highest BCUT2D eigenvalue weighted by atomic mass is 31.1. The van der Waals surface area contributed by atoms with Crippen LogP contribution in [-0.2, 0) is 13.8 Å². The molecule has 0 aromatic carbocycles. The number of hydrogen-bond donors (Lipinski definition) is 2. The minimum absolute atomic E-state index is 0.000488. The van der Waals surface area contributed by atoms with Gasteiger partial charge in [0, 0.05) is 6.20 Å². The smallest absolute Gasteiger partial charge is 0.316 e. The maximum absolute atomic E-state index is 13.8. The lowest BCUT2D eigenvalue weighted by Gasteiger charge is -2.15. The van der Waals surface area contributed by atoms with Gasteiger partial charge in [-0.1, -0.05) is 0 Å². The quantitative estimate of drug-likeness (QED) is 0.813. The van der Waals surface area contributed by atoms with Crippen molar-refractivity contribution in [1.29, 1.82) is 0 Å². The second-order valence-corrected chi connectivity index (χ2v) is 5.50. The van der Waals surface area contributed by atoms with Crippen molar-refractivity contribution >= 4 is 19.3 Å². The van der Waals surface area contributed by atoms with E-state index in [-0.39, 0.29) is 23.7 Å². The first-order valence-electron chi connectivity index (χ1n) is 6.31. The maximum atomic E-state index is 13.8. The van der Waals surface area contributed by atoms with Crippen LogP contribution in [0.3, 0.4) is 0 Å². The molecule has 2 aromatic rings. The molecule has 0 amide bonds. The summed E-state index contributed by atoms with van der Waals surface area (Å²) in [6.07, 6.45) is 2.71. The number of hydrogen-bond acceptors (Lipinski definition) is 5. The Morgan fingerprint density at radius 3 is 3.19 bits per heavy atom. The molecule has 0 aliphatic carbocycles. The second-order valence-electron chi connectivity index (χ2n) is 4.68. The molecule has 3 rings (SSSR count). The first-order chi connectivity index (χ1) is 10.1. The average Bonchev–Trinajstić information content (AvgIpc) is 3.02. The molecule has 0 spiro atoms. The number of ether oxygens (including phenoxy) is 1. The molecule has 2 aromatic heterocycles. The van der Waals surface area contributed by atoms with E-state index >= 15 is 0 Å². The molecule has 1 saturated heterocycles. The van der Waals surface area contributed by atoms with Crippen molar-refractivity contribution < 1.29 is 23.1 Å². The number of rotatable bonds is 4. The van der Waals surface area contributed by atoms with Crippen molar-refractivity contribution in [2.24, 2.45) is 0 Å². The Labute approximate surface area is 118 Å². The van der Waals surface area contributed by atoms with E-state index in [1.54, 1.807) is 0 Å². The van der Waals surface area contributed by atoms with Crippen LogP contribution in [0, 0.1) is 5.82 Å². The molecule has 0 radical (unpaired) electrons. The number of nitrogens with zero attached hydrogens (tertiary/aromatic N) is 2. The lowest BCUT2D eigenvalue weighted by atomic mass is 10.2. The predicted molar refractivity (Wildman–Crippen MR) is 70.6 cm³/mol. The molecule has 2 N–H and O–H groups in total. The number of aromatic nitrogens is 3. The molecule has 21 heavy (non-hydrogen) atoms. The van der Waals surface area contributed by atoms with Crippen LogP contribution < -0.4 is 5.56 Å². The molecule has 1 fully saturated rings. The maximum Gasteiger partial charge on any atom is 0.316 e. The van der Waals surface area contributed by atoms with Crippen LogP contribution in [-0.4, -0.2) is 32.1 Å². The number of fused-ring (bicyclic) bond motifs is 1. The number of H-pyrrole nitrogens is 1. The van der Waals surface area contributed by atoms with E-state index in [4.69, 9.17) is 9.63 Å². The number of nitrogens with one attached hydrogen (secondary N) is 1. The first-order valence-corrected chi connectivity index (χ1v) is 7.57. The monoisotopic (exact) mass is 317 g/mol. The second kappa shape index (κ2) is 5.69. The fourth-order valence-corrected chi connectivity index (χ4v) is 2.78. The van der Waals surface area contributed by atoms with Gasteiger partial charge < -0.3 is 23.7 Å². The van der Waals surface area contributed by atoms with Crippen molar-refractivity contribution in [2.75, 3.05) is 6.61 Å². The zero-order chi connectivity index (χ0) is 15.0. The highest BCUT2D eigenvalue weighted by Crippen LogP contribution is 2.32. The summed E-state index contributed by atoms with van der Waals surface area (Å²) in [6.45, 7) is 0.000488. The standard InChI is InChI=1S/C11H13FN3O5P/c12-7-3-15(10-9(7)11(16)14-5-13-10)8-2-1-6(20-8)4-19-21(17)18/h3,5-6,8,21H,1-2,4H2,(H,17,18)(H,13,14,16)/t6-,8+/m0/s1. The van der Waals surface area contributed by atoms with E-state index in [1.807, 2.05) is 0 Å². The summed E-state index contributed by atoms with van der Waals surface area (Å²) in [5.41, 5.74) is -0.341. The molecule has 3 heterocycles. The number of aromatic amines is 1. The van der Waals surface area contributed by atoms with Crippen molar-refractivity contribution in [1.82, 2.24) is 14.5 Å². The summed E-state index contributed by atoms with van der Waals surface area (Å²) in [5, 5.41) is -0.110. The first kappa shape index (κ1) is 14.4. The normalized spacial score (nSPS) is 23.7. The van der Waals surface area contributed by atoms with Gasteiger partial charge in [-0.2, -0.15) is 0 Å². The van der Waals surface area contributed by atoms with E-state index in [2.05, 4.69) is 14.5 Å². The summed E-state index contributed by atoms with van der Waals surface area (Å²) in [7, 11) is -2.99. The van der Waals surface area contributed by atoms with Gasteiger partial charge in [-0.3, -0.25) is 9.36 Å². The van der Waals surface area contributed by atoms with Crippen molar-refractivity contribution in [3.8, 4) is 0 Å². The predicted octanol–water partition coefficient (Wildman–Crippen LogP) is 0.940. The zero-order valence-electron chi connectivity index (χ0n) is 10.8. The fourth-order valence-electron chi connectivity index (χ4n) is 2.45. The van der Waals surface area contributed by atoms with E-state index in [0.29, 0.717) is 12.8 Å².